The number of hydrogen-bond donors (Lipinski definition) is 1. The van der Waals surface area contributed by atoms with Crippen molar-refractivity contribution in [2.45, 2.75) is 30.9 Å². The molecule has 1 N–H and O–H groups in total. The summed E-state index contributed by atoms with van der Waals surface area (Å²) in [4.78, 5) is 13.2. The summed E-state index contributed by atoms with van der Waals surface area (Å²) in [6, 6.07) is 21.5. The van der Waals surface area contributed by atoms with Gasteiger partial charge < -0.3 is 5.32 Å². The molecule has 0 fully saturated rings. The standard InChI is InChI=1S/C21H20N2OS/c1-3-15(2)25-19-18(14-22)21(20(24)23-19,16-10-6-4-7-11-16)17-12-8-5-9-13-17/h4-13,15H,3H2,1-2H3,(H,23,24). The lowest BCUT2D eigenvalue weighted by Crippen LogP contribution is -2.39. The van der Waals surface area contributed by atoms with Gasteiger partial charge in [-0.15, -0.1) is 11.8 Å². The van der Waals surface area contributed by atoms with E-state index in [1.807, 2.05) is 60.7 Å². The Morgan fingerprint density at radius 3 is 2.04 bits per heavy atom. The molecule has 1 aliphatic heterocycles. The first-order valence-corrected chi connectivity index (χ1v) is 9.26. The highest BCUT2D eigenvalue weighted by atomic mass is 32.2. The van der Waals surface area contributed by atoms with Crippen molar-refractivity contribution in [1.29, 1.82) is 5.26 Å². The summed E-state index contributed by atoms with van der Waals surface area (Å²) in [5.74, 6) is -0.160. The van der Waals surface area contributed by atoms with Gasteiger partial charge >= 0.3 is 0 Å². The maximum absolute atomic E-state index is 13.2. The van der Waals surface area contributed by atoms with E-state index < -0.39 is 5.41 Å². The molecule has 0 aliphatic carbocycles. The van der Waals surface area contributed by atoms with Crippen molar-refractivity contribution in [2.75, 3.05) is 0 Å². The number of nitriles is 1. The second kappa shape index (κ2) is 7.16. The molecule has 1 amide bonds. The average Bonchev–Trinajstić information content (AvgIpc) is 2.94. The molecule has 3 rings (SSSR count). The van der Waals surface area contributed by atoms with Gasteiger partial charge in [0.05, 0.1) is 16.7 Å². The Labute approximate surface area is 152 Å². The highest BCUT2D eigenvalue weighted by Crippen LogP contribution is 2.46. The van der Waals surface area contributed by atoms with Crippen molar-refractivity contribution in [1.82, 2.24) is 5.32 Å². The molecule has 1 aliphatic rings. The molecule has 1 atom stereocenters. The average molecular weight is 348 g/mol. The molecular weight excluding hydrogens is 328 g/mol. The SMILES string of the molecule is CCC(C)SC1=C(C#N)C(c2ccccc2)(c2ccccc2)C(=O)N1. The molecule has 1 heterocycles. The number of hydrogen-bond acceptors (Lipinski definition) is 3. The first kappa shape index (κ1) is 17.3. The first-order chi connectivity index (χ1) is 12.1. The fourth-order valence-electron chi connectivity index (χ4n) is 3.14. The van der Waals surface area contributed by atoms with E-state index in [0.29, 0.717) is 15.9 Å². The summed E-state index contributed by atoms with van der Waals surface area (Å²) in [5, 5.41) is 14.0. The Bertz CT molecular complexity index is 798. The van der Waals surface area contributed by atoms with Crippen molar-refractivity contribution >= 4 is 17.7 Å². The molecule has 4 heteroatoms. The van der Waals surface area contributed by atoms with Crippen LogP contribution in [0, 0.1) is 11.3 Å². The number of amides is 1. The third-order valence-electron chi connectivity index (χ3n) is 4.59. The fourth-order valence-corrected chi connectivity index (χ4v) is 4.18. The summed E-state index contributed by atoms with van der Waals surface area (Å²) >= 11 is 1.56. The van der Waals surface area contributed by atoms with Gasteiger partial charge in [-0.05, 0) is 17.5 Å². The van der Waals surface area contributed by atoms with Crippen LogP contribution in [0.25, 0.3) is 0 Å². The van der Waals surface area contributed by atoms with Gasteiger partial charge in [0.2, 0.25) is 5.91 Å². The third-order valence-corrected chi connectivity index (χ3v) is 5.87. The minimum atomic E-state index is -1.09. The first-order valence-electron chi connectivity index (χ1n) is 8.38. The lowest BCUT2D eigenvalue weighted by atomic mass is 9.70. The van der Waals surface area contributed by atoms with Crippen LogP contribution in [0.3, 0.4) is 0 Å². The zero-order valence-electron chi connectivity index (χ0n) is 14.3. The maximum Gasteiger partial charge on any atom is 0.245 e. The van der Waals surface area contributed by atoms with Crippen molar-refractivity contribution in [3.05, 3.63) is 82.4 Å². The smallest absolute Gasteiger partial charge is 0.245 e. The Kier molecular flexibility index (Phi) is 4.96. The highest BCUT2D eigenvalue weighted by molar-refractivity contribution is 8.03. The topological polar surface area (TPSA) is 52.9 Å². The number of carbonyl (C=O) groups excluding carboxylic acids is 1. The Morgan fingerprint density at radius 2 is 1.60 bits per heavy atom. The summed E-state index contributed by atoms with van der Waals surface area (Å²) < 4.78 is 0. The molecular formula is C21H20N2OS. The van der Waals surface area contributed by atoms with E-state index >= 15 is 0 Å². The van der Waals surface area contributed by atoms with Crippen LogP contribution in [-0.4, -0.2) is 11.2 Å². The fraction of sp³-hybridized carbons (Fsp3) is 0.238. The van der Waals surface area contributed by atoms with Crippen molar-refractivity contribution in [3.8, 4) is 6.07 Å². The summed E-state index contributed by atoms with van der Waals surface area (Å²) in [7, 11) is 0. The van der Waals surface area contributed by atoms with Crippen LogP contribution in [0.1, 0.15) is 31.4 Å². The van der Waals surface area contributed by atoms with Crippen molar-refractivity contribution < 1.29 is 4.79 Å². The monoisotopic (exact) mass is 348 g/mol. The molecule has 0 spiro atoms. The zero-order chi connectivity index (χ0) is 17.9. The van der Waals surface area contributed by atoms with Gasteiger partial charge in [-0.2, -0.15) is 5.26 Å². The largest absolute Gasteiger partial charge is 0.318 e. The maximum atomic E-state index is 13.2. The number of rotatable bonds is 5. The summed E-state index contributed by atoms with van der Waals surface area (Å²) in [6.45, 7) is 4.20. The number of benzene rings is 2. The minimum absolute atomic E-state index is 0.160. The lowest BCUT2D eigenvalue weighted by molar-refractivity contribution is -0.122. The number of nitrogens with zero attached hydrogens (tertiary/aromatic N) is 1. The Morgan fingerprint density at radius 1 is 1.08 bits per heavy atom. The van der Waals surface area contributed by atoms with Gasteiger partial charge in [-0.3, -0.25) is 4.79 Å². The van der Waals surface area contributed by atoms with Crippen LogP contribution in [0.2, 0.25) is 0 Å². The van der Waals surface area contributed by atoms with Crippen LogP contribution < -0.4 is 5.32 Å². The predicted octanol–water partition coefficient (Wildman–Crippen LogP) is 4.37. The molecule has 0 saturated carbocycles. The Hall–Kier alpha value is -2.51. The second-order valence-corrected chi connectivity index (χ2v) is 7.54. The Balaban J connectivity index is 2.27. The zero-order valence-corrected chi connectivity index (χ0v) is 15.1. The second-order valence-electron chi connectivity index (χ2n) is 6.09. The number of nitrogens with one attached hydrogen (secondary N) is 1. The molecule has 2 aromatic carbocycles. The third kappa shape index (κ3) is 2.85. The van der Waals surface area contributed by atoms with Gasteiger partial charge in [-0.1, -0.05) is 74.5 Å². The van der Waals surface area contributed by atoms with Gasteiger partial charge in [-0.25, -0.2) is 0 Å². The molecule has 1 unspecified atom stereocenters. The molecule has 126 valence electrons. The van der Waals surface area contributed by atoms with E-state index in [1.54, 1.807) is 11.8 Å². The highest BCUT2D eigenvalue weighted by Gasteiger charge is 2.52. The van der Waals surface area contributed by atoms with Crippen LogP contribution in [-0.2, 0) is 10.2 Å². The minimum Gasteiger partial charge on any atom is -0.318 e. The summed E-state index contributed by atoms with van der Waals surface area (Å²) in [5.41, 5.74) is 1.03. The lowest BCUT2D eigenvalue weighted by Gasteiger charge is -2.28. The van der Waals surface area contributed by atoms with Crippen LogP contribution in [0.4, 0.5) is 0 Å². The number of carbonyl (C=O) groups is 1. The molecule has 0 radical (unpaired) electrons. The van der Waals surface area contributed by atoms with Gasteiger partial charge in [0.1, 0.15) is 5.41 Å². The summed E-state index contributed by atoms with van der Waals surface area (Å²) in [6.07, 6.45) is 0.965. The van der Waals surface area contributed by atoms with Crippen molar-refractivity contribution in [2.24, 2.45) is 0 Å². The number of thioether (sulfide) groups is 1. The predicted molar refractivity (Wildman–Crippen MR) is 102 cm³/mol. The van der Waals surface area contributed by atoms with E-state index in [9.17, 15) is 10.1 Å². The van der Waals surface area contributed by atoms with Crippen LogP contribution >= 0.6 is 11.8 Å². The normalized spacial score (nSPS) is 17.1. The van der Waals surface area contributed by atoms with Gasteiger partial charge in [0.25, 0.3) is 0 Å². The molecule has 0 saturated heterocycles. The van der Waals surface area contributed by atoms with E-state index in [4.69, 9.17) is 0 Å². The van der Waals surface area contributed by atoms with E-state index in [2.05, 4.69) is 25.2 Å². The van der Waals surface area contributed by atoms with Crippen LogP contribution in [0.15, 0.2) is 71.3 Å². The van der Waals surface area contributed by atoms with E-state index in [-0.39, 0.29) is 5.91 Å². The molecule has 3 nitrogen and oxygen atoms in total. The van der Waals surface area contributed by atoms with Crippen molar-refractivity contribution in [3.63, 3.8) is 0 Å². The van der Waals surface area contributed by atoms with E-state index in [0.717, 1.165) is 17.5 Å². The van der Waals surface area contributed by atoms with E-state index in [1.165, 1.54) is 0 Å². The quantitative estimate of drug-likeness (QED) is 0.873. The van der Waals surface area contributed by atoms with Gasteiger partial charge in [0.15, 0.2) is 0 Å². The molecule has 0 bridgehead atoms. The molecule has 0 aromatic heterocycles. The molecule has 25 heavy (non-hydrogen) atoms. The molecule has 2 aromatic rings. The van der Waals surface area contributed by atoms with Gasteiger partial charge in [0, 0.05) is 5.25 Å². The van der Waals surface area contributed by atoms with Crippen LogP contribution in [0.5, 0.6) is 0 Å².